The van der Waals surface area contributed by atoms with Crippen LogP contribution in [0.25, 0.3) is 0 Å². The number of aromatic nitrogens is 2. The number of sulfonamides is 1. The Bertz CT molecular complexity index is 641. The van der Waals surface area contributed by atoms with Gasteiger partial charge in [-0.05, 0) is 6.07 Å². The Labute approximate surface area is 102 Å². The van der Waals surface area contributed by atoms with Crippen molar-refractivity contribution in [1.82, 2.24) is 14.7 Å². The predicted octanol–water partition coefficient (Wildman–Crippen LogP) is 1.17. The lowest BCUT2D eigenvalue weighted by molar-refractivity contribution is 0.561. The van der Waals surface area contributed by atoms with Crippen LogP contribution in [-0.4, -0.2) is 18.4 Å². The molecule has 2 rings (SSSR count). The van der Waals surface area contributed by atoms with Crippen LogP contribution in [-0.2, 0) is 16.6 Å². The number of imidazole rings is 1. The third kappa shape index (κ3) is 2.71. The molecule has 0 radical (unpaired) electrons. The lowest BCUT2D eigenvalue weighted by Gasteiger charge is -2.05. The summed E-state index contributed by atoms with van der Waals surface area (Å²) in [6.45, 7) is -0.270. The minimum Gasteiger partial charge on any atom is -0.335 e. The summed E-state index contributed by atoms with van der Waals surface area (Å²) in [4.78, 5) is 6.00. The number of nitrogens with zero attached hydrogens (tertiary/aromatic N) is 1. The van der Waals surface area contributed by atoms with E-state index in [0.717, 1.165) is 12.3 Å². The van der Waals surface area contributed by atoms with E-state index in [9.17, 15) is 17.2 Å². The van der Waals surface area contributed by atoms with Crippen LogP contribution >= 0.6 is 0 Å². The maximum absolute atomic E-state index is 13.3. The summed E-state index contributed by atoms with van der Waals surface area (Å²) in [7, 11) is -3.77. The zero-order valence-electron chi connectivity index (χ0n) is 9.02. The normalized spacial score (nSPS) is 11.7. The van der Waals surface area contributed by atoms with Gasteiger partial charge in [0.1, 0.15) is 11.6 Å². The molecular weight excluding hydrogens is 264 g/mol. The number of hydrogen-bond donors (Lipinski definition) is 2. The van der Waals surface area contributed by atoms with Crippen LogP contribution in [0.1, 0.15) is 5.56 Å². The molecule has 2 aromatic rings. The van der Waals surface area contributed by atoms with Crippen molar-refractivity contribution >= 4 is 10.0 Å². The van der Waals surface area contributed by atoms with Crippen LogP contribution < -0.4 is 4.72 Å². The van der Waals surface area contributed by atoms with Gasteiger partial charge in [0.15, 0.2) is 5.03 Å². The first-order valence-electron chi connectivity index (χ1n) is 4.91. The third-order valence-electron chi connectivity index (χ3n) is 2.23. The molecule has 0 saturated carbocycles. The van der Waals surface area contributed by atoms with E-state index < -0.39 is 21.7 Å². The van der Waals surface area contributed by atoms with Crippen molar-refractivity contribution in [1.29, 1.82) is 0 Å². The largest absolute Gasteiger partial charge is 0.335 e. The molecule has 0 aliphatic heterocycles. The third-order valence-corrected chi connectivity index (χ3v) is 3.56. The van der Waals surface area contributed by atoms with Gasteiger partial charge in [0.2, 0.25) is 0 Å². The van der Waals surface area contributed by atoms with Crippen LogP contribution in [0, 0.1) is 11.6 Å². The molecule has 0 amide bonds. The Morgan fingerprint density at radius 3 is 2.72 bits per heavy atom. The van der Waals surface area contributed by atoms with Gasteiger partial charge in [0, 0.05) is 18.2 Å². The maximum atomic E-state index is 13.3. The summed E-state index contributed by atoms with van der Waals surface area (Å²) in [6.07, 6.45) is 2.34. The average Bonchev–Trinajstić information content (AvgIpc) is 2.82. The Morgan fingerprint density at radius 2 is 2.11 bits per heavy atom. The van der Waals surface area contributed by atoms with E-state index in [1.54, 1.807) is 0 Å². The standard InChI is InChI=1S/C10H9F2N3O2S/c11-8-2-1-7(9(12)3-8)4-15-18(16,17)10-5-13-6-14-10/h1-3,5-6,15H,4H2,(H,13,14). The summed E-state index contributed by atoms with van der Waals surface area (Å²) in [5.41, 5.74) is 0.0551. The molecule has 0 unspecified atom stereocenters. The number of benzene rings is 1. The minimum atomic E-state index is -3.77. The molecule has 1 heterocycles. The zero-order chi connectivity index (χ0) is 13.2. The fourth-order valence-corrected chi connectivity index (χ4v) is 2.21. The summed E-state index contributed by atoms with van der Waals surface area (Å²) in [5, 5.41) is -0.120. The van der Waals surface area contributed by atoms with Gasteiger partial charge in [-0.25, -0.2) is 26.9 Å². The highest BCUT2D eigenvalue weighted by molar-refractivity contribution is 7.89. The SMILES string of the molecule is O=S(=O)(NCc1ccc(F)cc1F)c1cnc[nH]1. The van der Waals surface area contributed by atoms with Crippen molar-refractivity contribution in [3.63, 3.8) is 0 Å². The topological polar surface area (TPSA) is 74.8 Å². The first-order valence-corrected chi connectivity index (χ1v) is 6.39. The number of nitrogens with one attached hydrogen (secondary N) is 2. The van der Waals surface area contributed by atoms with Crippen LogP contribution in [0.5, 0.6) is 0 Å². The zero-order valence-corrected chi connectivity index (χ0v) is 9.84. The van der Waals surface area contributed by atoms with Crippen molar-refractivity contribution in [3.05, 3.63) is 47.9 Å². The monoisotopic (exact) mass is 273 g/mol. The van der Waals surface area contributed by atoms with Gasteiger partial charge >= 0.3 is 0 Å². The molecule has 2 N–H and O–H groups in total. The second-order valence-corrected chi connectivity index (χ2v) is 5.21. The fourth-order valence-electron chi connectivity index (χ4n) is 1.31. The van der Waals surface area contributed by atoms with Gasteiger partial charge in [-0.1, -0.05) is 6.07 Å². The molecule has 18 heavy (non-hydrogen) atoms. The molecular formula is C10H9F2N3O2S. The summed E-state index contributed by atoms with van der Waals surface area (Å²) in [5.74, 6) is -1.52. The van der Waals surface area contributed by atoms with E-state index in [4.69, 9.17) is 0 Å². The first kappa shape index (κ1) is 12.7. The molecule has 8 heteroatoms. The summed E-state index contributed by atoms with van der Waals surface area (Å²) >= 11 is 0. The molecule has 0 bridgehead atoms. The Kier molecular flexibility index (Phi) is 3.39. The lowest BCUT2D eigenvalue weighted by Crippen LogP contribution is -2.24. The lowest BCUT2D eigenvalue weighted by atomic mass is 10.2. The number of rotatable bonds is 4. The van der Waals surface area contributed by atoms with Gasteiger partial charge < -0.3 is 4.98 Å². The van der Waals surface area contributed by atoms with Gasteiger partial charge in [0.25, 0.3) is 10.0 Å². The Morgan fingerprint density at radius 1 is 1.33 bits per heavy atom. The molecule has 5 nitrogen and oxygen atoms in total. The fraction of sp³-hybridized carbons (Fsp3) is 0.100. The first-order chi connectivity index (χ1) is 8.49. The average molecular weight is 273 g/mol. The Balaban J connectivity index is 2.13. The van der Waals surface area contributed by atoms with Gasteiger partial charge in [-0.2, -0.15) is 0 Å². The van der Waals surface area contributed by atoms with Gasteiger partial charge in [-0.15, -0.1) is 0 Å². The van der Waals surface area contributed by atoms with E-state index in [1.807, 2.05) is 0 Å². The van der Waals surface area contributed by atoms with Crippen molar-refractivity contribution in [2.24, 2.45) is 0 Å². The highest BCUT2D eigenvalue weighted by atomic mass is 32.2. The van der Waals surface area contributed by atoms with E-state index in [2.05, 4.69) is 14.7 Å². The van der Waals surface area contributed by atoms with E-state index in [0.29, 0.717) is 6.07 Å². The van der Waals surface area contributed by atoms with Crippen molar-refractivity contribution < 1.29 is 17.2 Å². The van der Waals surface area contributed by atoms with E-state index in [-0.39, 0.29) is 17.1 Å². The second kappa shape index (κ2) is 4.83. The summed E-state index contributed by atoms with van der Waals surface area (Å²) < 4.78 is 51.4. The second-order valence-electron chi connectivity index (χ2n) is 3.48. The minimum absolute atomic E-state index is 0.0551. The molecule has 1 aromatic carbocycles. The van der Waals surface area contributed by atoms with Crippen LogP contribution in [0.4, 0.5) is 8.78 Å². The molecule has 0 atom stereocenters. The van der Waals surface area contributed by atoms with Crippen molar-refractivity contribution in [3.8, 4) is 0 Å². The van der Waals surface area contributed by atoms with Crippen molar-refractivity contribution in [2.75, 3.05) is 0 Å². The van der Waals surface area contributed by atoms with Crippen LogP contribution in [0.3, 0.4) is 0 Å². The molecule has 0 aliphatic rings. The Hall–Kier alpha value is -1.80. The maximum Gasteiger partial charge on any atom is 0.257 e. The number of hydrogen-bond acceptors (Lipinski definition) is 3. The molecule has 0 aliphatic carbocycles. The highest BCUT2D eigenvalue weighted by Crippen LogP contribution is 2.10. The number of halogens is 2. The van der Waals surface area contributed by atoms with Crippen LogP contribution in [0.15, 0.2) is 35.7 Å². The highest BCUT2D eigenvalue weighted by Gasteiger charge is 2.15. The van der Waals surface area contributed by atoms with Gasteiger partial charge in [-0.3, -0.25) is 0 Å². The molecule has 96 valence electrons. The van der Waals surface area contributed by atoms with Crippen LogP contribution in [0.2, 0.25) is 0 Å². The predicted molar refractivity (Wildman–Crippen MR) is 59.0 cm³/mol. The molecule has 0 fully saturated rings. The van der Waals surface area contributed by atoms with Gasteiger partial charge in [0.05, 0.1) is 12.5 Å². The molecule has 1 aromatic heterocycles. The molecule has 0 spiro atoms. The molecule has 0 saturated heterocycles. The van der Waals surface area contributed by atoms with E-state index in [1.165, 1.54) is 12.4 Å². The van der Waals surface area contributed by atoms with E-state index >= 15 is 0 Å². The number of H-pyrrole nitrogens is 1. The van der Waals surface area contributed by atoms with Crippen molar-refractivity contribution in [2.45, 2.75) is 11.6 Å². The quantitative estimate of drug-likeness (QED) is 0.878. The number of aromatic amines is 1. The summed E-state index contributed by atoms with van der Waals surface area (Å²) in [6, 6.07) is 2.93. The smallest absolute Gasteiger partial charge is 0.257 e.